The monoisotopic (exact) mass is 625 g/mol. The summed E-state index contributed by atoms with van der Waals surface area (Å²) in [6.45, 7) is 0. The lowest BCUT2D eigenvalue weighted by molar-refractivity contribution is 1.07. The molecule has 1 heterocycles. The molecule has 0 saturated carbocycles. The number of benzene rings is 7. The van der Waals surface area contributed by atoms with Crippen LogP contribution in [0.3, 0.4) is 0 Å². The highest BCUT2D eigenvalue weighted by atomic mass is 15.0. The molecule has 230 valence electrons. The summed E-state index contributed by atoms with van der Waals surface area (Å²) in [6.07, 6.45) is 0.928. The number of nitrogens with zero attached hydrogens (tertiary/aromatic N) is 3. The predicted octanol–water partition coefficient (Wildman–Crippen LogP) is 11.4. The Balaban J connectivity index is 1.05. The van der Waals surface area contributed by atoms with Crippen molar-refractivity contribution in [2.45, 2.75) is 6.42 Å². The Labute approximate surface area is 286 Å². The van der Waals surface area contributed by atoms with Crippen LogP contribution in [0.1, 0.15) is 11.1 Å². The first-order valence-electron chi connectivity index (χ1n) is 16.7. The highest BCUT2D eigenvalue weighted by Gasteiger charge is 2.24. The van der Waals surface area contributed by atoms with Crippen LogP contribution in [0.4, 0.5) is 0 Å². The van der Waals surface area contributed by atoms with E-state index in [1.54, 1.807) is 0 Å². The van der Waals surface area contributed by atoms with Crippen LogP contribution in [-0.2, 0) is 6.42 Å². The normalized spacial score (nSPS) is 11.6. The summed E-state index contributed by atoms with van der Waals surface area (Å²) in [4.78, 5) is 14.7. The third-order valence-electron chi connectivity index (χ3n) is 9.43. The van der Waals surface area contributed by atoms with Gasteiger partial charge in [-0.15, -0.1) is 0 Å². The highest BCUT2D eigenvalue weighted by molar-refractivity contribution is 5.89. The summed E-state index contributed by atoms with van der Waals surface area (Å²) in [5, 5.41) is 0. The van der Waals surface area contributed by atoms with E-state index in [2.05, 4.69) is 115 Å². The molecule has 9 rings (SSSR count). The minimum atomic E-state index is 0.653. The lowest BCUT2D eigenvalue weighted by atomic mass is 9.94. The number of hydrogen-bond donors (Lipinski definition) is 0. The summed E-state index contributed by atoms with van der Waals surface area (Å²) < 4.78 is 0. The van der Waals surface area contributed by atoms with E-state index in [1.807, 2.05) is 60.7 Å². The first-order valence-corrected chi connectivity index (χ1v) is 16.7. The van der Waals surface area contributed by atoms with Crippen molar-refractivity contribution in [1.82, 2.24) is 15.0 Å². The first-order chi connectivity index (χ1) is 24.3. The lowest BCUT2D eigenvalue weighted by Gasteiger charge is -2.11. The zero-order valence-corrected chi connectivity index (χ0v) is 26.8. The highest BCUT2D eigenvalue weighted by Crippen LogP contribution is 2.45. The van der Waals surface area contributed by atoms with Gasteiger partial charge in [-0.25, -0.2) is 15.0 Å². The predicted molar refractivity (Wildman–Crippen MR) is 201 cm³/mol. The molecule has 0 saturated heterocycles. The Morgan fingerprint density at radius 1 is 0.265 bits per heavy atom. The molecule has 0 bridgehead atoms. The molecule has 0 N–H and O–H groups in total. The molecule has 0 unspecified atom stereocenters. The molecule has 1 aromatic heterocycles. The SMILES string of the molecule is c1ccc(-c2nc(-c3ccccc3)nc(-c3cccc(-c4ccc(-c5cccc6c5Cc5c(-c7ccccc7)cccc5-6)cc4)c3)n2)cc1. The fraction of sp³-hybridized carbons (Fsp3) is 0.0217. The molecule has 3 nitrogen and oxygen atoms in total. The van der Waals surface area contributed by atoms with Crippen LogP contribution in [0.5, 0.6) is 0 Å². The van der Waals surface area contributed by atoms with Crippen molar-refractivity contribution in [2.24, 2.45) is 0 Å². The Morgan fingerprint density at radius 3 is 1.16 bits per heavy atom. The van der Waals surface area contributed by atoms with E-state index in [-0.39, 0.29) is 0 Å². The van der Waals surface area contributed by atoms with Gasteiger partial charge >= 0.3 is 0 Å². The van der Waals surface area contributed by atoms with Crippen molar-refractivity contribution < 1.29 is 0 Å². The maximum atomic E-state index is 4.94. The summed E-state index contributed by atoms with van der Waals surface area (Å²) in [6, 6.07) is 61.8. The Morgan fingerprint density at radius 2 is 0.633 bits per heavy atom. The quantitative estimate of drug-likeness (QED) is 0.185. The van der Waals surface area contributed by atoms with E-state index in [0.29, 0.717) is 17.5 Å². The average Bonchev–Trinajstić information content (AvgIpc) is 3.58. The maximum absolute atomic E-state index is 4.94. The van der Waals surface area contributed by atoms with Gasteiger partial charge in [-0.1, -0.05) is 170 Å². The molecule has 7 aromatic carbocycles. The lowest BCUT2D eigenvalue weighted by Crippen LogP contribution is -2.00. The van der Waals surface area contributed by atoms with Crippen LogP contribution >= 0.6 is 0 Å². The molecule has 0 amide bonds. The fourth-order valence-corrected chi connectivity index (χ4v) is 7.01. The molecule has 0 spiro atoms. The van der Waals surface area contributed by atoms with E-state index in [9.17, 15) is 0 Å². The zero-order chi connectivity index (χ0) is 32.6. The van der Waals surface area contributed by atoms with Crippen LogP contribution in [0, 0.1) is 0 Å². The summed E-state index contributed by atoms with van der Waals surface area (Å²) >= 11 is 0. The minimum Gasteiger partial charge on any atom is -0.208 e. The van der Waals surface area contributed by atoms with Crippen molar-refractivity contribution in [3.63, 3.8) is 0 Å². The molecule has 8 aromatic rings. The number of rotatable bonds is 6. The van der Waals surface area contributed by atoms with Crippen molar-refractivity contribution in [3.05, 3.63) is 187 Å². The van der Waals surface area contributed by atoms with Gasteiger partial charge in [-0.05, 0) is 68.1 Å². The summed E-state index contributed by atoms with van der Waals surface area (Å²) in [5.41, 5.74) is 15.7. The largest absolute Gasteiger partial charge is 0.208 e. The number of hydrogen-bond acceptors (Lipinski definition) is 3. The molecule has 0 atom stereocenters. The standard InChI is InChI=1S/C46H31N3/c1-4-13-32(14-5-1)38-21-11-23-40-41-24-12-22-39(43(41)30-42(38)40)33-27-25-31(26-28-33)36-19-10-20-37(29-36)46-48-44(34-15-6-2-7-16-34)47-45(49-46)35-17-8-3-9-18-35/h1-29H,30H2. The summed E-state index contributed by atoms with van der Waals surface area (Å²) in [5.74, 6) is 1.97. The van der Waals surface area contributed by atoms with Gasteiger partial charge in [0.15, 0.2) is 17.5 Å². The third kappa shape index (κ3) is 5.42. The van der Waals surface area contributed by atoms with E-state index in [0.717, 1.165) is 34.2 Å². The van der Waals surface area contributed by atoms with Gasteiger partial charge in [0.05, 0.1) is 0 Å². The van der Waals surface area contributed by atoms with Crippen LogP contribution in [0.15, 0.2) is 176 Å². The number of aromatic nitrogens is 3. The molecule has 0 radical (unpaired) electrons. The molecule has 49 heavy (non-hydrogen) atoms. The summed E-state index contributed by atoms with van der Waals surface area (Å²) in [7, 11) is 0. The Kier molecular flexibility index (Phi) is 7.21. The molecular weight excluding hydrogens is 595 g/mol. The molecular formula is C46H31N3. The van der Waals surface area contributed by atoms with Crippen LogP contribution < -0.4 is 0 Å². The van der Waals surface area contributed by atoms with Gasteiger partial charge in [0.2, 0.25) is 0 Å². The third-order valence-corrected chi connectivity index (χ3v) is 9.43. The Bertz CT molecular complexity index is 2380. The fourth-order valence-electron chi connectivity index (χ4n) is 7.01. The molecule has 0 aliphatic heterocycles. The van der Waals surface area contributed by atoms with Crippen molar-refractivity contribution in [1.29, 1.82) is 0 Å². The molecule has 1 aliphatic carbocycles. The van der Waals surface area contributed by atoms with Gasteiger partial charge in [-0.2, -0.15) is 0 Å². The van der Waals surface area contributed by atoms with Crippen molar-refractivity contribution in [2.75, 3.05) is 0 Å². The zero-order valence-electron chi connectivity index (χ0n) is 26.8. The maximum Gasteiger partial charge on any atom is 0.164 e. The van der Waals surface area contributed by atoms with E-state index in [1.165, 1.54) is 44.5 Å². The molecule has 0 fully saturated rings. The van der Waals surface area contributed by atoms with E-state index < -0.39 is 0 Å². The van der Waals surface area contributed by atoms with Gasteiger partial charge in [-0.3, -0.25) is 0 Å². The van der Waals surface area contributed by atoms with Crippen LogP contribution in [-0.4, -0.2) is 15.0 Å². The first kappa shape index (κ1) is 28.7. The second-order valence-corrected chi connectivity index (χ2v) is 12.4. The molecule has 1 aliphatic rings. The van der Waals surface area contributed by atoms with Gasteiger partial charge in [0.25, 0.3) is 0 Å². The topological polar surface area (TPSA) is 38.7 Å². The minimum absolute atomic E-state index is 0.653. The average molecular weight is 626 g/mol. The van der Waals surface area contributed by atoms with Gasteiger partial charge in [0, 0.05) is 16.7 Å². The van der Waals surface area contributed by atoms with Gasteiger partial charge in [0.1, 0.15) is 0 Å². The van der Waals surface area contributed by atoms with E-state index >= 15 is 0 Å². The second kappa shape index (κ2) is 12.3. The van der Waals surface area contributed by atoms with E-state index in [4.69, 9.17) is 15.0 Å². The Hall–Kier alpha value is -6.45. The molecule has 3 heteroatoms. The van der Waals surface area contributed by atoms with Crippen LogP contribution in [0.2, 0.25) is 0 Å². The van der Waals surface area contributed by atoms with Crippen LogP contribution in [0.25, 0.3) is 78.7 Å². The van der Waals surface area contributed by atoms with Crippen molar-refractivity contribution >= 4 is 0 Å². The second-order valence-electron chi connectivity index (χ2n) is 12.4. The smallest absolute Gasteiger partial charge is 0.164 e. The van der Waals surface area contributed by atoms with Crippen molar-refractivity contribution in [3.8, 4) is 78.7 Å². The number of fused-ring (bicyclic) bond motifs is 3. The van der Waals surface area contributed by atoms with Gasteiger partial charge < -0.3 is 0 Å².